The molecular formula is C20H16Cl3N3. The van der Waals surface area contributed by atoms with Crippen molar-refractivity contribution in [1.29, 1.82) is 0 Å². The van der Waals surface area contributed by atoms with E-state index in [-0.39, 0.29) is 0 Å². The van der Waals surface area contributed by atoms with Crippen molar-refractivity contribution in [1.82, 2.24) is 0 Å². The zero-order valence-corrected chi connectivity index (χ0v) is 16.3. The monoisotopic (exact) mass is 403 g/mol. The Morgan fingerprint density at radius 3 is 2.50 bits per heavy atom. The second-order valence-electron chi connectivity index (χ2n) is 6.33. The number of aryl methyl sites for hydroxylation is 2. The van der Waals surface area contributed by atoms with E-state index in [9.17, 15) is 0 Å². The molecule has 4 rings (SSSR count). The van der Waals surface area contributed by atoms with Gasteiger partial charge in [0, 0.05) is 12.7 Å². The average Bonchev–Trinajstić information content (AvgIpc) is 3.07. The van der Waals surface area contributed by atoms with Gasteiger partial charge in [0.1, 0.15) is 0 Å². The smallest absolute Gasteiger partial charge is 0.200 e. The molecule has 3 aromatic carbocycles. The fraction of sp³-hybridized carbons (Fsp3) is 0.150. The van der Waals surface area contributed by atoms with Crippen LogP contribution in [0.1, 0.15) is 11.1 Å². The van der Waals surface area contributed by atoms with Crippen LogP contribution >= 0.6 is 34.8 Å². The van der Waals surface area contributed by atoms with Crippen LogP contribution in [-0.4, -0.2) is 13.0 Å². The minimum absolute atomic E-state index is 0.330. The quantitative estimate of drug-likeness (QED) is 0.324. The van der Waals surface area contributed by atoms with Gasteiger partial charge in [0.25, 0.3) is 0 Å². The Hall–Kier alpha value is -1.94. The van der Waals surface area contributed by atoms with Gasteiger partial charge in [-0.1, -0.05) is 59.1 Å². The van der Waals surface area contributed by atoms with E-state index in [1.807, 2.05) is 13.1 Å². The molecule has 0 spiro atoms. The maximum Gasteiger partial charge on any atom is 0.200 e. The fourth-order valence-electron chi connectivity index (χ4n) is 3.42. The van der Waals surface area contributed by atoms with Crippen LogP contribution in [0.25, 0.3) is 10.8 Å². The van der Waals surface area contributed by atoms with Crippen molar-refractivity contribution in [3.63, 3.8) is 0 Å². The third-order valence-electron chi connectivity index (χ3n) is 4.79. The van der Waals surface area contributed by atoms with Crippen molar-refractivity contribution >= 4 is 62.9 Å². The van der Waals surface area contributed by atoms with E-state index in [0.29, 0.717) is 21.0 Å². The summed E-state index contributed by atoms with van der Waals surface area (Å²) in [7, 11) is 1.82. The molecule has 0 aromatic heterocycles. The molecule has 0 aliphatic heterocycles. The normalized spacial score (nSPS) is 13.5. The summed E-state index contributed by atoms with van der Waals surface area (Å²) in [4.78, 5) is 6.41. The van der Waals surface area contributed by atoms with E-state index in [1.165, 1.54) is 21.9 Å². The molecule has 0 atom stereocenters. The predicted molar refractivity (Wildman–Crippen MR) is 113 cm³/mol. The number of halogens is 3. The van der Waals surface area contributed by atoms with Gasteiger partial charge in [-0.25, -0.2) is 4.99 Å². The Morgan fingerprint density at radius 2 is 1.77 bits per heavy atom. The molecule has 3 aromatic rings. The second-order valence-corrected chi connectivity index (χ2v) is 7.52. The highest BCUT2D eigenvalue weighted by Gasteiger charge is 2.18. The second kappa shape index (κ2) is 6.66. The Labute approximate surface area is 167 Å². The van der Waals surface area contributed by atoms with Crippen LogP contribution < -0.4 is 10.6 Å². The molecule has 0 heterocycles. The highest BCUT2D eigenvalue weighted by molar-refractivity contribution is 6.48. The first kappa shape index (κ1) is 17.5. The highest BCUT2D eigenvalue weighted by atomic mass is 35.5. The molecule has 6 heteroatoms. The minimum atomic E-state index is 0.330. The van der Waals surface area contributed by atoms with Crippen LogP contribution in [0.5, 0.6) is 0 Å². The molecule has 0 amide bonds. The van der Waals surface area contributed by atoms with Gasteiger partial charge in [-0.3, -0.25) is 0 Å². The summed E-state index contributed by atoms with van der Waals surface area (Å²) in [5.74, 6) is 0.361. The van der Waals surface area contributed by atoms with Crippen molar-refractivity contribution in [3.05, 3.63) is 68.7 Å². The van der Waals surface area contributed by atoms with Gasteiger partial charge in [-0.15, -0.1) is 0 Å². The summed E-state index contributed by atoms with van der Waals surface area (Å²) in [5, 5.41) is 3.64. The molecule has 0 bridgehead atoms. The molecule has 2 N–H and O–H groups in total. The lowest BCUT2D eigenvalue weighted by molar-refractivity contribution is 1.02. The van der Waals surface area contributed by atoms with Crippen molar-refractivity contribution in [2.24, 2.45) is 10.7 Å². The van der Waals surface area contributed by atoms with E-state index < -0.39 is 0 Å². The van der Waals surface area contributed by atoms with Gasteiger partial charge in [0.2, 0.25) is 5.96 Å². The first-order valence-electron chi connectivity index (χ1n) is 8.21. The number of nitrogens with zero attached hydrogens (tertiary/aromatic N) is 2. The Kier molecular flexibility index (Phi) is 4.47. The molecule has 132 valence electrons. The van der Waals surface area contributed by atoms with E-state index in [2.05, 4.69) is 29.3 Å². The molecule has 3 nitrogen and oxygen atoms in total. The van der Waals surface area contributed by atoms with Crippen molar-refractivity contribution in [2.75, 3.05) is 11.9 Å². The molecule has 0 fully saturated rings. The molecular weight excluding hydrogens is 389 g/mol. The van der Waals surface area contributed by atoms with Gasteiger partial charge in [0.15, 0.2) is 0 Å². The summed E-state index contributed by atoms with van der Waals surface area (Å²) in [6.07, 6.45) is 2.02. The summed E-state index contributed by atoms with van der Waals surface area (Å²) in [6, 6.07) is 14.0. The molecule has 0 radical (unpaired) electrons. The number of benzene rings is 3. The maximum atomic E-state index is 6.26. The Bertz CT molecular complexity index is 1040. The van der Waals surface area contributed by atoms with Gasteiger partial charge in [-0.2, -0.15) is 0 Å². The molecule has 26 heavy (non-hydrogen) atoms. The van der Waals surface area contributed by atoms with Crippen LogP contribution in [-0.2, 0) is 12.8 Å². The summed E-state index contributed by atoms with van der Waals surface area (Å²) < 4.78 is 0. The fourth-order valence-corrected chi connectivity index (χ4v) is 4.00. The minimum Gasteiger partial charge on any atom is -0.369 e. The first-order valence-corrected chi connectivity index (χ1v) is 9.35. The zero-order valence-electron chi connectivity index (χ0n) is 14.1. The number of anilines is 1. The van der Waals surface area contributed by atoms with Crippen LogP contribution in [0.3, 0.4) is 0 Å². The van der Waals surface area contributed by atoms with Crippen LogP contribution in [0.15, 0.2) is 47.5 Å². The van der Waals surface area contributed by atoms with Crippen molar-refractivity contribution in [3.8, 4) is 0 Å². The summed E-state index contributed by atoms with van der Waals surface area (Å²) in [6.45, 7) is 0. The number of nitrogens with two attached hydrogens (primary N) is 1. The SMILES string of the molecule is CN(C(N)=Nc1ccc2cccc3c2c1CC3)c1cc(Cl)c(Cl)c(Cl)c1. The topological polar surface area (TPSA) is 41.6 Å². The highest BCUT2D eigenvalue weighted by Crippen LogP contribution is 2.37. The maximum absolute atomic E-state index is 6.26. The van der Waals surface area contributed by atoms with E-state index in [1.54, 1.807) is 17.0 Å². The Balaban J connectivity index is 1.74. The summed E-state index contributed by atoms with van der Waals surface area (Å²) in [5.41, 5.74) is 10.5. The zero-order chi connectivity index (χ0) is 18.4. The lowest BCUT2D eigenvalue weighted by Gasteiger charge is -2.19. The molecule has 1 aliphatic rings. The van der Waals surface area contributed by atoms with Crippen LogP contribution in [0.2, 0.25) is 15.1 Å². The standard InChI is InChI=1S/C20H16Cl3N3/c1-26(13-9-15(21)19(23)16(22)10-13)20(24)25-17-8-6-12-4-2-3-11-5-7-14(17)18(11)12/h2-4,6,8-10H,5,7H2,1H3,(H2,24,25). The first-order chi connectivity index (χ1) is 12.5. The lowest BCUT2D eigenvalue weighted by atomic mass is 10.0. The largest absolute Gasteiger partial charge is 0.369 e. The van der Waals surface area contributed by atoms with Crippen molar-refractivity contribution < 1.29 is 0 Å². The van der Waals surface area contributed by atoms with Gasteiger partial charge < -0.3 is 10.6 Å². The third kappa shape index (κ3) is 2.90. The van der Waals surface area contributed by atoms with E-state index >= 15 is 0 Å². The predicted octanol–water partition coefficient (Wildman–Crippen LogP) is 5.98. The van der Waals surface area contributed by atoms with Gasteiger partial charge >= 0.3 is 0 Å². The lowest BCUT2D eigenvalue weighted by Crippen LogP contribution is -2.33. The number of aliphatic imine (C=N–C) groups is 1. The van der Waals surface area contributed by atoms with Crippen LogP contribution in [0, 0.1) is 0 Å². The number of hydrogen-bond acceptors (Lipinski definition) is 1. The molecule has 0 saturated heterocycles. The third-order valence-corrected chi connectivity index (χ3v) is 5.99. The van der Waals surface area contributed by atoms with Gasteiger partial charge in [0.05, 0.1) is 20.8 Å². The molecule has 1 aliphatic carbocycles. The van der Waals surface area contributed by atoms with Crippen LogP contribution in [0.4, 0.5) is 11.4 Å². The number of guanidine groups is 1. The van der Waals surface area contributed by atoms with Gasteiger partial charge in [-0.05, 0) is 52.9 Å². The Morgan fingerprint density at radius 1 is 1.04 bits per heavy atom. The van der Waals surface area contributed by atoms with E-state index in [4.69, 9.17) is 40.5 Å². The average molecular weight is 405 g/mol. The number of hydrogen-bond donors (Lipinski definition) is 1. The molecule has 0 saturated carbocycles. The summed E-state index contributed by atoms with van der Waals surface area (Å²) >= 11 is 18.3. The van der Waals surface area contributed by atoms with E-state index in [0.717, 1.165) is 24.2 Å². The number of rotatable bonds is 2. The van der Waals surface area contributed by atoms with Crippen molar-refractivity contribution in [2.45, 2.75) is 12.8 Å². The molecule has 0 unspecified atom stereocenters.